The van der Waals surface area contributed by atoms with E-state index < -0.39 is 40.2 Å². The largest absolute Gasteiger partial charge is 0.507 e. The number of ketones is 1. The Morgan fingerprint density at radius 3 is 2.22 bits per heavy atom. The van der Waals surface area contributed by atoms with Crippen LogP contribution in [0.2, 0.25) is 0 Å². The van der Waals surface area contributed by atoms with Gasteiger partial charge < -0.3 is 9.84 Å². The van der Waals surface area contributed by atoms with E-state index in [1.54, 1.807) is 0 Å². The van der Waals surface area contributed by atoms with Crippen molar-refractivity contribution in [3.8, 4) is 5.75 Å². The summed E-state index contributed by atoms with van der Waals surface area (Å²) in [6.07, 6.45) is -4.71. The van der Waals surface area contributed by atoms with Crippen molar-refractivity contribution in [2.24, 2.45) is 0 Å². The summed E-state index contributed by atoms with van der Waals surface area (Å²) < 4.78 is 45.2. The van der Waals surface area contributed by atoms with Crippen LogP contribution in [-0.2, 0) is 15.8 Å². The van der Waals surface area contributed by atoms with Crippen LogP contribution in [0.15, 0.2) is 78.4 Å². The molecule has 0 aromatic heterocycles. The molecule has 3 aromatic rings. The summed E-state index contributed by atoms with van der Waals surface area (Å²) in [5.41, 5.74) is -1.60. The van der Waals surface area contributed by atoms with Crippen molar-refractivity contribution in [3.05, 3.63) is 105 Å². The van der Waals surface area contributed by atoms with E-state index in [-0.39, 0.29) is 28.1 Å². The van der Waals surface area contributed by atoms with Gasteiger partial charge in [0, 0.05) is 23.4 Å². The SMILES string of the molecule is COc1ccc(/C(O)=C2\C(=O)C(=O)N(c3cccc(C(F)(F)F)c3)[C@@H]2c2ccc([N+](=O)[O-])cc2)cc1. The standard InChI is InChI=1S/C25H17F3N2O6/c1-36-19-11-7-15(8-12-19)22(31)20-21(14-5-9-17(10-6-14)30(34)35)29(24(33)23(20)32)18-4-2-3-16(13-18)25(26,27)28/h2-13,21,31H,1H3/b22-20+/t21-/m1/s1. The highest BCUT2D eigenvalue weighted by Crippen LogP contribution is 2.43. The molecule has 0 bridgehead atoms. The summed E-state index contributed by atoms with van der Waals surface area (Å²) >= 11 is 0. The van der Waals surface area contributed by atoms with E-state index in [1.165, 1.54) is 49.6 Å². The second-order valence-electron chi connectivity index (χ2n) is 7.79. The maximum absolute atomic E-state index is 13.4. The quantitative estimate of drug-likeness (QED) is 0.169. The second kappa shape index (κ2) is 9.17. The zero-order valence-electron chi connectivity index (χ0n) is 18.5. The van der Waals surface area contributed by atoms with Crippen LogP contribution < -0.4 is 9.64 Å². The molecular weight excluding hydrogens is 481 g/mol. The number of alkyl halides is 3. The first-order valence-corrected chi connectivity index (χ1v) is 10.4. The Morgan fingerprint density at radius 1 is 1.03 bits per heavy atom. The number of halogens is 3. The summed E-state index contributed by atoms with van der Waals surface area (Å²) in [6.45, 7) is 0. The first-order chi connectivity index (χ1) is 17.0. The molecule has 1 heterocycles. The molecule has 1 N–H and O–H groups in total. The summed E-state index contributed by atoms with van der Waals surface area (Å²) in [5.74, 6) is -2.38. The molecule has 0 unspecified atom stereocenters. The highest BCUT2D eigenvalue weighted by Gasteiger charge is 2.47. The molecule has 4 rings (SSSR count). The van der Waals surface area contributed by atoms with Crippen LogP contribution in [0.1, 0.15) is 22.7 Å². The summed E-state index contributed by atoms with van der Waals surface area (Å²) in [7, 11) is 1.43. The normalized spacial score (nSPS) is 17.3. The average molecular weight is 498 g/mol. The van der Waals surface area contributed by atoms with Crippen LogP contribution in [0.4, 0.5) is 24.5 Å². The monoisotopic (exact) mass is 498 g/mol. The number of aliphatic hydroxyl groups excluding tert-OH is 1. The minimum Gasteiger partial charge on any atom is -0.507 e. The van der Waals surface area contributed by atoms with Gasteiger partial charge in [-0.25, -0.2) is 0 Å². The van der Waals surface area contributed by atoms with E-state index in [4.69, 9.17) is 4.74 Å². The Bertz CT molecular complexity index is 1380. The lowest BCUT2D eigenvalue weighted by Gasteiger charge is -2.26. The Morgan fingerprint density at radius 2 is 1.67 bits per heavy atom. The number of carbonyl (C=O) groups excluding carboxylic acids is 2. The molecule has 1 atom stereocenters. The van der Waals surface area contributed by atoms with Crippen molar-refractivity contribution in [2.75, 3.05) is 12.0 Å². The molecule has 3 aromatic carbocycles. The van der Waals surface area contributed by atoms with Crippen molar-refractivity contribution >= 4 is 28.8 Å². The van der Waals surface area contributed by atoms with Gasteiger partial charge in [0.25, 0.3) is 17.4 Å². The number of ether oxygens (including phenoxy) is 1. The minimum atomic E-state index is -4.71. The Labute approximate surface area is 202 Å². The number of non-ortho nitro benzene ring substituents is 1. The number of aliphatic hydroxyl groups is 1. The van der Waals surface area contributed by atoms with Gasteiger partial charge in [0.05, 0.1) is 29.2 Å². The number of nitro benzene ring substituents is 1. The van der Waals surface area contributed by atoms with Gasteiger partial charge in [-0.1, -0.05) is 6.07 Å². The van der Waals surface area contributed by atoms with E-state index in [0.29, 0.717) is 5.75 Å². The van der Waals surface area contributed by atoms with Crippen molar-refractivity contribution in [1.82, 2.24) is 0 Å². The average Bonchev–Trinajstić information content (AvgIpc) is 3.13. The van der Waals surface area contributed by atoms with Crippen molar-refractivity contribution in [2.45, 2.75) is 12.2 Å². The van der Waals surface area contributed by atoms with Crippen LogP contribution in [0.25, 0.3) is 5.76 Å². The number of nitrogens with zero attached hydrogens (tertiary/aromatic N) is 2. The molecule has 184 valence electrons. The first kappa shape index (κ1) is 24.5. The molecule has 0 saturated carbocycles. The van der Waals surface area contributed by atoms with Crippen molar-refractivity contribution in [3.63, 3.8) is 0 Å². The van der Waals surface area contributed by atoms with Gasteiger partial charge in [0.2, 0.25) is 0 Å². The number of hydrogen-bond donors (Lipinski definition) is 1. The fourth-order valence-corrected chi connectivity index (χ4v) is 3.93. The number of benzene rings is 3. The van der Waals surface area contributed by atoms with Crippen molar-refractivity contribution < 1.29 is 37.5 Å². The predicted octanol–water partition coefficient (Wildman–Crippen LogP) is 5.25. The smallest absolute Gasteiger partial charge is 0.416 e. The lowest BCUT2D eigenvalue weighted by atomic mass is 9.95. The number of anilines is 1. The molecule has 1 aliphatic rings. The molecule has 36 heavy (non-hydrogen) atoms. The molecule has 1 aliphatic heterocycles. The Kier molecular flexibility index (Phi) is 6.23. The number of nitro groups is 1. The van der Waals surface area contributed by atoms with Gasteiger partial charge in [-0.2, -0.15) is 13.2 Å². The van der Waals surface area contributed by atoms with E-state index in [1.807, 2.05) is 0 Å². The highest BCUT2D eigenvalue weighted by molar-refractivity contribution is 6.51. The van der Waals surface area contributed by atoms with Gasteiger partial charge in [-0.15, -0.1) is 0 Å². The molecule has 0 aliphatic carbocycles. The summed E-state index contributed by atoms with van der Waals surface area (Å²) in [4.78, 5) is 37.5. The number of amides is 1. The van der Waals surface area contributed by atoms with E-state index in [2.05, 4.69) is 0 Å². The fourth-order valence-electron chi connectivity index (χ4n) is 3.93. The minimum absolute atomic E-state index is 0.157. The number of rotatable bonds is 5. The van der Waals surface area contributed by atoms with Gasteiger partial charge in [0.15, 0.2) is 0 Å². The Balaban J connectivity index is 1.93. The van der Waals surface area contributed by atoms with Gasteiger partial charge in [-0.3, -0.25) is 24.6 Å². The van der Waals surface area contributed by atoms with Gasteiger partial charge in [-0.05, 0) is 60.2 Å². The molecule has 8 nitrogen and oxygen atoms in total. The number of Topliss-reactive ketones (excluding diaryl/α,β-unsaturated/α-hetero) is 1. The third kappa shape index (κ3) is 4.38. The number of methoxy groups -OCH3 is 1. The molecule has 11 heteroatoms. The van der Waals surface area contributed by atoms with E-state index in [9.17, 15) is 38.0 Å². The Hall–Kier alpha value is -4.67. The number of hydrogen-bond acceptors (Lipinski definition) is 6. The van der Waals surface area contributed by atoms with Crippen LogP contribution >= 0.6 is 0 Å². The van der Waals surface area contributed by atoms with Crippen LogP contribution in [0, 0.1) is 10.1 Å². The third-order valence-electron chi connectivity index (χ3n) is 5.68. The molecular formula is C25H17F3N2O6. The van der Waals surface area contributed by atoms with Crippen LogP contribution in [0.5, 0.6) is 5.75 Å². The van der Waals surface area contributed by atoms with E-state index >= 15 is 0 Å². The van der Waals surface area contributed by atoms with Gasteiger partial charge >= 0.3 is 6.18 Å². The molecule has 1 fully saturated rings. The van der Waals surface area contributed by atoms with Crippen LogP contribution in [-0.4, -0.2) is 28.8 Å². The predicted molar refractivity (Wildman–Crippen MR) is 122 cm³/mol. The fraction of sp³-hybridized carbons (Fsp3) is 0.120. The van der Waals surface area contributed by atoms with Gasteiger partial charge in [0.1, 0.15) is 11.5 Å². The molecule has 1 amide bonds. The maximum atomic E-state index is 13.4. The summed E-state index contributed by atoms with van der Waals surface area (Å²) in [5, 5.41) is 22.1. The first-order valence-electron chi connectivity index (χ1n) is 10.4. The second-order valence-corrected chi connectivity index (χ2v) is 7.79. The van der Waals surface area contributed by atoms with E-state index in [0.717, 1.165) is 35.2 Å². The van der Waals surface area contributed by atoms with Crippen molar-refractivity contribution in [1.29, 1.82) is 0 Å². The van der Waals surface area contributed by atoms with Crippen LogP contribution in [0.3, 0.4) is 0 Å². The topological polar surface area (TPSA) is 110 Å². The lowest BCUT2D eigenvalue weighted by Crippen LogP contribution is -2.29. The summed E-state index contributed by atoms with van der Waals surface area (Å²) in [6, 6.07) is 13.2. The molecule has 0 spiro atoms. The number of carbonyl (C=O) groups is 2. The third-order valence-corrected chi connectivity index (χ3v) is 5.68. The highest BCUT2D eigenvalue weighted by atomic mass is 19.4. The maximum Gasteiger partial charge on any atom is 0.416 e. The zero-order valence-corrected chi connectivity index (χ0v) is 18.5. The lowest BCUT2D eigenvalue weighted by molar-refractivity contribution is -0.384. The zero-order chi connectivity index (χ0) is 26.2. The molecule has 1 saturated heterocycles. The molecule has 0 radical (unpaired) electrons.